The van der Waals surface area contributed by atoms with Gasteiger partial charge in [-0.15, -0.1) is 13.2 Å². The molecule has 2 aromatic carbocycles. The molecule has 1 aliphatic heterocycles. The van der Waals surface area contributed by atoms with Crippen molar-refractivity contribution in [3.63, 3.8) is 0 Å². The predicted octanol–water partition coefficient (Wildman–Crippen LogP) is 4.94. The number of ether oxygens (including phenoxy) is 2. The first kappa shape index (κ1) is 29.5. The van der Waals surface area contributed by atoms with Crippen LogP contribution in [0.5, 0.6) is 5.75 Å². The molecule has 0 aromatic heterocycles. The summed E-state index contributed by atoms with van der Waals surface area (Å²) in [6, 6.07) is 9.01. The largest absolute Gasteiger partial charge is 0.573 e. The quantitative estimate of drug-likeness (QED) is 0.394. The Bertz CT molecular complexity index is 1140. The molecular weight excluding hydrogens is 544 g/mol. The molecule has 2 N–H and O–H groups in total. The van der Waals surface area contributed by atoms with E-state index < -0.39 is 29.9 Å². The Morgan fingerprint density at radius 2 is 1.57 bits per heavy atom. The van der Waals surface area contributed by atoms with Gasteiger partial charge in [-0.05, 0) is 60.7 Å². The van der Waals surface area contributed by atoms with Gasteiger partial charge >= 0.3 is 12.5 Å². The maximum atomic E-state index is 13.5. The Morgan fingerprint density at radius 1 is 0.950 bits per heavy atom. The molecule has 7 nitrogen and oxygen atoms in total. The van der Waals surface area contributed by atoms with Crippen LogP contribution in [-0.4, -0.2) is 62.0 Å². The van der Waals surface area contributed by atoms with Gasteiger partial charge in [0.2, 0.25) is 11.8 Å². The highest BCUT2D eigenvalue weighted by Gasteiger charge is 2.36. The molecule has 2 aliphatic rings. The van der Waals surface area contributed by atoms with Crippen LogP contribution < -0.4 is 15.4 Å². The number of carbonyl (C=O) groups excluding carboxylic acids is 2. The Balaban J connectivity index is 1.45. The third-order valence-electron chi connectivity index (χ3n) is 6.83. The molecule has 1 heterocycles. The van der Waals surface area contributed by atoms with Gasteiger partial charge in [-0.25, -0.2) is 0 Å². The number of morpholine rings is 1. The van der Waals surface area contributed by atoms with E-state index in [1.54, 1.807) is 4.90 Å². The first-order valence-corrected chi connectivity index (χ1v) is 12.8. The Kier molecular flexibility index (Phi) is 9.12. The molecule has 218 valence electrons. The summed E-state index contributed by atoms with van der Waals surface area (Å²) in [6.45, 7) is 1.71. The van der Waals surface area contributed by atoms with Gasteiger partial charge < -0.3 is 25.0 Å². The smallest absolute Gasteiger partial charge is 0.406 e. The molecule has 2 aromatic rings. The zero-order chi connectivity index (χ0) is 28.9. The molecule has 1 aliphatic carbocycles. The number of alkyl halides is 6. The second-order valence-electron chi connectivity index (χ2n) is 9.78. The molecule has 0 spiro atoms. The minimum atomic E-state index is -4.80. The van der Waals surface area contributed by atoms with Crippen LogP contribution in [0.15, 0.2) is 48.5 Å². The zero-order valence-electron chi connectivity index (χ0n) is 21.4. The first-order chi connectivity index (χ1) is 18.9. The monoisotopic (exact) mass is 573 g/mol. The second kappa shape index (κ2) is 12.4. The summed E-state index contributed by atoms with van der Waals surface area (Å²) in [7, 11) is 0. The zero-order valence-corrected chi connectivity index (χ0v) is 21.4. The van der Waals surface area contributed by atoms with Crippen molar-refractivity contribution in [1.82, 2.24) is 10.2 Å². The van der Waals surface area contributed by atoms with Crippen molar-refractivity contribution in [1.29, 1.82) is 0 Å². The lowest BCUT2D eigenvalue weighted by atomic mass is 9.92. The van der Waals surface area contributed by atoms with Gasteiger partial charge in [-0.1, -0.05) is 12.1 Å². The molecule has 2 amide bonds. The standard InChI is InChI=1S/C27H29F6N3O4/c28-26(29,30)19-5-3-17(4-6-19)22(15-24(37)36-11-13-39-14-12-36)25(38)35-23(18-1-2-18)16-34-20-7-9-21(10-8-20)40-27(31,32)33/h3-10,18,22-23,34H,1-2,11-16H2,(H,35,38)/t22-,23?/m0/s1. The molecule has 0 bridgehead atoms. The van der Waals surface area contributed by atoms with Gasteiger partial charge in [0.25, 0.3) is 0 Å². The summed E-state index contributed by atoms with van der Waals surface area (Å²) in [5, 5.41) is 6.04. The van der Waals surface area contributed by atoms with E-state index in [9.17, 15) is 35.9 Å². The number of carbonyl (C=O) groups is 2. The van der Waals surface area contributed by atoms with E-state index >= 15 is 0 Å². The number of rotatable bonds is 10. The normalized spacial score (nSPS) is 17.6. The van der Waals surface area contributed by atoms with Crippen molar-refractivity contribution in [2.24, 2.45) is 5.92 Å². The molecule has 2 fully saturated rings. The van der Waals surface area contributed by atoms with Gasteiger partial charge in [0.1, 0.15) is 5.75 Å². The number of amides is 2. The molecule has 13 heteroatoms. The minimum absolute atomic E-state index is 0.146. The molecule has 1 saturated heterocycles. The van der Waals surface area contributed by atoms with Crippen molar-refractivity contribution in [2.75, 3.05) is 38.2 Å². The minimum Gasteiger partial charge on any atom is -0.406 e. The van der Waals surface area contributed by atoms with Crippen LogP contribution in [0.4, 0.5) is 32.0 Å². The third kappa shape index (κ3) is 8.51. The summed E-state index contributed by atoms with van der Waals surface area (Å²) in [4.78, 5) is 28.1. The summed E-state index contributed by atoms with van der Waals surface area (Å²) in [5.41, 5.74) is -0.0623. The average Bonchev–Trinajstić information content (AvgIpc) is 3.75. The summed E-state index contributed by atoms with van der Waals surface area (Å²) in [5.74, 6) is -2.03. The van der Waals surface area contributed by atoms with Crippen molar-refractivity contribution in [3.05, 3.63) is 59.7 Å². The van der Waals surface area contributed by atoms with Crippen molar-refractivity contribution >= 4 is 17.5 Å². The number of halogens is 6. The number of nitrogens with zero attached hydrogens (tertiary/aromatic N) is 1. The van der Waals surface area contributed by atoms with Gasteiger partial charge in [-0.3, -0.25) is 9.59 Å². The van der Waals surface area contributed by atoms with E-state index in [2.05, 4.69) is 15.4 Å². The molecule has 4 rings (SSSR count). The predicted molar refractivity (Wildman–Crippen MR) is 132 cm³/mol. The van der Waals surface area contributed by atoms with E-state index in [4.69, 9.17) is 4.74 Å². The van der Waals surface area contributed by atoms with Gasteiger partial charge in [0.15, 0.2) is 0 Å². The third-order valence-corrected chi connectivity index (χ3v) is 6.83. The summed E-state index contributed by atoms with van der Waals surface area (Å²) >= 11 is 0. The Morgan fingerprint density at radius 3 is 2.12 bits per heavy atom. The lowest BCUT2D eigenvalue weighted by Crippen LogP contribution is -2.45. The molecule has 1 saturated carbocycles. The second-order valence-corrected chi connectivity index (χ2v) is 9.78. The number of anilines is 1. The first-order valence-electron chi connectivity index (χ1n) is 12.8. The maximum absolute atomic E-state index is 13.5. The van der Waals surface area contributed by atoms with E-state index in [-0.39, 0.29) is 42.1 Å². The van der Waals surface area contributed by atoms with Crippen molar-refractivity contribution in [3.8, 4) is 5.75 Å². The SMILES string of the molecule is O=C(NC(CNc1ccc(OC(F)(F)F)cc1)C1CC1)[C@@H](CC(=O)N1CCOCC1)c1ccc(C(F)(F)F)cc1. The van der Waals surface area contributed by atoms with Crippen LogP contribution in [0.25, 0.3) is 0 Å². The fourth-order valence-corrected chi connectivity index (χ4v) is 4.50. The van der Waals surface area contributed by atoms with E-state index in [0.717, 1.165) is 25.0 Å². The lowest BCUT2D eigenvalue weighted by molar-refractivity contribution is -0.274. The van der Waals surface area contributed by atoms with Crippen LogP contribution >= 0.6 is 0 Å². The fourth-order valence-electron chi connectivity index (χ4n) is 4.50. The Hall–Kier alpha value is -3.48. The molecular formula is C27H29F6N3O4. The molecule has 1 unspecified atom stereocenters. The van der Waals surface area contributed by atoms with E-state index in [1.807, 2.05) is 0 Å². The van der Waals surface area contributed by atoms with Crippen molar-refractivity contribution in [2.45, 2.75) is 43.8 Å². The number of nitrogens with one attached hydrogen (secondary N) is 2. The van der Waals surface area contributed by atoms with E-state index in [1.165, 1.54) is 36.4 Å². The molecule has 40 heavy (non-hydrogen) atoms. The van der Waals surface area contributed by atoms with Crippen LogP contribution in [-0.2, 0) is 20.5 Å². The molecule has 0 radical (unpaired) electrons. The van der Waals surface area contributed by atoms with Gasteiger partial charge in [0.05, 0.1) is 24.7 Å². The van der Waals surface area contributed by atoms with Crippen LogP contribution in [0.2, 0.25) is 0 Å². The van der Waals surface area contributed by atoms with Crippen LogP contribution in [0, 0.1) is 5.92 Å². The average molecular weight is 574 g/mol. The highest BCUT2D eigenvalue weighted by Crippen LogP contribution is 2.35. The van der Waals surface area contributed by atoms with Crippen LogP contribution in [0.1, 0.15) is 36.3 Å². The van der Waals surface area contributed by atoms with E-state index in [0.29, 0.717) is 32.0 Å². The lowest BCUT2D eigenvalue weighted by Gasteiger charge is -2.29. The van der Waals surface area contributed by atoms with Crippen molar-refractivity contribution < 1.29 is 45.4 Å². The summed E-state index contributed by atoms with van der Waals surface area (Å²) in [6.07, 6.45) is -7.86. The summed E-state index contributed by atoms with van der Waals surface area (Å²) < 4.78 is 85.6. The maximum Gasteiger partial charge on any atom is 0.573 e. The topological polar surface area (TPSA) is 79.9 Å². The highest BCUT2D eigenvalue weighted by molar-refractivity contribution is 5.90. The number of benzene rings is 2. The fraction of sp³-hybridized carbons (Fsp3) is 0.481. The Labute approximate surface area is 226 Å². The van der Waals surface area contributed by atoms with Gasteiger partial charge in [-0.2, -0.15) is 13.2 Å². The number of hydrogen-bond acceptors (Lipinski definition) is 5. The molecule has 2 atom stereocenters. The van der Waals surface area contributed by atoms with Crippen LogP contribution in [0.3, 0.4) is 0 Å². The highest BCUT2D eigenvalue weighted by atomic mass is 19.4. The van der Waals surface area contributed by atoms with Gasteiger partial charge in [0, 0.05) is 37.8 Å². The number of hydrogen-bond donors (Lipinski definition) is 2.